The van der Waals surface area contributed by atoms with Crippen LogP contribution in [0, 0.1) is 0 Å². The Hall–Kier alpha value is -3.98. The molecule has 158 valence electrons. The van der Waals surface area contributed by atoms with Gasteiger partial charge < -0.3 is 5.32 Å². The van der Waals surface area contributed by atoms with E-state index in [0.717, 1.165) is 22.7 Å². The lowest BCUT2D eigenvalue weighted by Gasteiger charge is -2.10. The van der Waals surface area contributed by atoms with Gasteiger partial charge in [0.05, 0.1) is 12.3 Å². The molecule has 0 spiro atoms. The van der Waals surface area contributed by atoms with Crippen LogP contribution in [-0.2, 0) is 11.3 Å². The maximum atomic E-state index is 12.5. The number of para-hydroxylation sites is 1. The lowest BCUT2D eigenvalue weighted by Crippen LogP contribution is -2.25. The molecule has 0 aliphatic heterocycles. The third-order valence-electron chi connectivity index (χ3n) is 4.84. The van der Waals surface area contributed by atoms with Gasteiger partial charge in [-0.3, -0.25) is 13.8 Å². The molecular weight excluding hydrogens is 422 g/mol. The van der Waals surface area contributed by atoms with E-state index in [1.165, 1.54) is 11.8 Å². The zero-order chi connectivity index (χ0) is 21.8. The molecule has 5 aromatic rings. The van der Waals surface area contributed by atoms with Crippen LogP contribution in [0.2, 0.25) is 0 Å². The lowest BCUT2D eigenvalue weighted by atomic mass is 10.2. The molecule has 5 rings (SSSR count). The van der Waals surface area contributed by atoms with Crippen LogP contribution in [-0.4, -0.2) is 41.0 Å². The molecule has 3 aromatic heterocycles. The fourth-order valence-corrected chi connectivity index (χ4v) is 4.10. The van der Waals surface area contributed by atoms with Gasteiger partial charge in [-0.25, -0.2) is 0 Å². The van der Waals surface area contributed by atoms with E-state index in [9.17, 15) is 4.79 Å². The van der Waals surface area contributed by atoms with E-state index in [2.05, 4.69) is 25.7 Å². The van der Waals surface area contributed by atoms with E-state index in [0.29, 0.717) is 17.5 Å². The van der Waals surface area contributed by atoms with Gasteiger partial charge in [0.15, 0.2) is 22.5 Å². The van der Waals surface area contributed by atoms with E-state index in [1.54, 1.807) is 0 Å². The fourth-order valence-electron chi connectivity index (χ4n) is 3.32. The Kier molecular flexibility index (Phi) is 5.63. The van der Waals surface area contributed by atoms with Gasteiger partial charge >= 0.3 is 0 Å². The zero-order valence-corrected chi connectivity index (χ0v) is 17.8. The van der Waals surface area contributed by atoms with Gasteiger partial charge in [0, 0.05) is 17.4 Å². The molecular formula is C23H19N7OS. The van der Waals surface area contributed by atoms with Gasteiger partial charge in [-0.05, 0) is 24.3 Å². The molecule has 0 saturated carbocycles. The topological polar surface area (TPSA) is 90.0 Å². The minimum absolute atomic E-state index is 0.119. The van der Waals surface area contributed by atoms with E-state index in [4.69, 9.17) is 0 Å². The number of nitrogens with zero attached hydrogens (tertiary/aromatic N) is 6. The first-order valence-corrected chi connectivity index (χ1v) is 11.0. The lowest BCUT2D eigenvalue weighted by molar-refractivity contribution is -0.118. The van der Waals surface area contributed by atoms with Crippen LogP contribution in [0.15, 0.2) is 90.2 Å². The Morgan fingerprint density at radius 3 is 2.41 bits per heavy atom. The standard InChI is InChI=1S/C23H19N7OS/c31-21(24-15-20-26-25-19-13-7-8-14-29(19)20)16-32-23-28-27-22(17-9-3-1-4-10-17)30(23)18-11-5-2-6-12-18/h1-14H,15-16H2,(H,24,31). The molecule has 8 nitrogen and oxygen atoms in total. The van der Waals surface area contributed by atoms with Crippen LogP contribution in [0.4, 0.5) is 0 Å². The van der Waals surface area contributed by atoms with Crippen molar-refractivity contribution < 1.29 is 4.79 Å². The van der Waals surface area contributed by atoms with E-state index in [-0.39, 0.29) is 11.7 Å². The molecule has 0 bridgehead atoms. The summed E-state index contributed by atoms with van der Waals surface area (Å²) in [7, 11) is 0. The van der Waals surface area contributed by atoms with Crippen molar-refractivity contribution in [3.63, 3.8) is 0 Å². The molecule has 2 aromatic carbocycles. The summed E-state index contributed by atoms with van der Waals surface area (Å²) in [5.74, 6) is 1.50. The van der Waals surface area contributed by atoms with Crippen LogP contribution in [0.5, 0.6) is 0 Å². The number of thioether (sulfide) groups is 1. The quantitative estimate of drug-likeness (QED) is 0.390. The van der Waals surface area contributed by atoms with Crippen molar-refractivity contribution in [1.82, 2.24) is 34.7 Å². The Balaban J connectivity index is 1.32. The molecule has 0 radical (unpaired) electrons. The second-order valence-electron chi connectivity index (χ2n) is 6.95. The largest absolute Gasteiger partial charge is 0.348 e. The Labute approximate surface area is 188 Å². The number of carbonyl (C=O) groups excluding carboxylic acids is 1. The smallest absolute Gasteiger partial charge is 0.230 e. The highest BCUT2D eigenvalue weighted by molar-refractivity contribution is 7.99. The summed E-state index contributed by atoms with van der Waals surface area (Å²) in [4.78, 5) is 12.5. The highest BCUT2D eigenvalue weighted by atomic mass is 32.2. The maximum Gasteiger partial charge on any atom is 0.230 e. The number of hydrogen-bond acceptors (Lipinski definition) is 6. The normalized spacial score (nSPS) is 11.0. The van der Waals surface area contributed by atoms with Gasteiger partial charge in [-0.2, -0.15) is 0 Å². The van der Waals surface area contributed by atoms with E-state index < -0.39 is 0 Å². The molecule has 32 heavy (non-hydrogen) atoms. The second kappa shape index (κ2) is 9.03. The molecule has 0 unspecified atom stereocenters. The number of carbonyl (C=O) groups is 1. The summed E-state index contributed by atoms with van der Waals surface area (Å²) in [5, 5.41) is 20.6. The van der Waals surface area contributed by atoms with Gasteiger partial charge in [0.25, 0.3) is 0 Å². The summed E-state index contributed by atoms with van der Waals surface area (Å²) >= 11 is 1.34. The van der Waals surface area contributed by atoms with Crippen molar-refractivity contribution in [2.24, 2.45) is 0 Å². The van der Waals surface area contributed by atoms with Crippen molar-refractivity contribution in [1.29, 1.82) is 0 Å². The van der Waals surface area contributed by atoms with Crippen molar-refractivity contribution in [3.8, 4) is 17.1 Å². The van der Waals surface area contributed by atoms with Crippen LogP contribution in [0.1, 0.15) is 5.82 Å². The first-order valence-electron chi connectivity index (χ1n) is 10.0. The first kappa shape index (κ1) is 20.0. The van der Waals surface area contributed by atoms with E-state index >= 15 is 0 Å². The van der Waals surface area contributed by atoms with Gasteiger partial charge in [0.2, 0.25) is 5.91 Å². The van der Waals surface area contributed by atoms with Gasteiger partial charge in [0.1, 0.15) is 0 Å². The predicted molar refractivity (Wildman–Crippen MR) is 122 cm³/mol. The molecule has 0 saturated heterocycles. The number of benzene rings is 2. The van der Waals surface area contributed by atoms with Crippen LogP contribution in [0.3, 0.4) is 0 Å². The summed E-state index contributed by atoms with van der Waals surface area (Å²) in [6.07, 6.45) is 1.87. The number of hydrogen-bond donors (Lipinski definition) is 1. The number of nitrogens with one attached hydrogen (secondary N) is 1. The first-order chi connectivity index (χ1) is 15.8. The minimum Gasteiger partial charge on any atom is -0.348 e. The highest BCUT2D eigenvalue weighted by Crippen LogP contribution is 2.27. The van der Waals surface area contributed by atoms with E-state index in [1.807, 2.05) is 94.0 Å². The number of rotatable bonds is 7. The molecule has 0 fully saturated rings. The number of amides is 1. The summed E-state index contributed by atoms with van der Waals surface area (Å²) in [5.41, 5.74) is 2.64. The van der Waals surface area contributed by atoms with Crippen LogP contribution < -0.4 is 5.32 Å². The van der Waals surface area contributed by atoms with Gasteiger partial charge in [-0.1, -0.05) is 66.4 Å². The average molecular weight is 442 g/mol. The molecule has 0 aliphatic carbocycles. The molecule has 9 heteroatoms. The Morgan fingerprint density at radius 2 is 1.59 bits per heavy atom. The van der Waals surface area contributed by atoms with Crippen LogP contribution in [0.25, 0.3) is 22.7 Å². The highest BCUT2D eigenvalue weighted by Gasteiger charge is 2.17. The SMILES string of the molecule is O=C(CSc1nnc(-c2ccccc2)n1-c1ccccc1)NCc1nnc2ccccn12. The zero-order valence-electron chi connectivity index (χ0n) is 17.0. The molecule has 1 amide bonds. The second-order valence-corrected chi connectivity index (χ2v) is 7.90. The van der Waals surface area contributed by atoms with Crippen molar-refractivity contribution in [2.75, 3.05) is 5.75 Å². The van der Waals surface area contributed by atoms with Gasteiger partial charge in [-0.15, -0.1) is 20.4 Å². The summed E-state index contributed by atoms with van der Waals surface area (Å²) in [6, 6.07) is 25.4. The fraction of sp³-hybridized carbons (Fsp3) is 0.0870. The number of pyridine rings is 1. The average Bonchev–Trinajstić information content (AvgIpc) is 3.47. The van der Waals surface area contributed by atoms with Crippen LogP contribution >= 0.6 is 11.8 Å². The Bertz CT molecular complexity index is 1350. The molecule has 3 heterocycles. The Morgan fingerprint density at radius 1 is 0.844 bits per heavy atom. The predicted octanol–water partition coefficient (Wildman–Crippen LogP) is 3.39. The van der Waals surface area contributed by atoms with Crippen molar-refractivity contribution in [3.05, 3.63) is 90.9 Å². The maximum absolute atomic E-state index is 12.5. The van der Waals surface area contributed by atoms with Crippen molar-refractivity contribution >= 4 is 23.3 Å². The summed E-state index contributed by atoms with van der Waals surface area (Å²) < 4.78 is 3.82. The molecule has 1 N–H and O–H groups in total. The summed E-state index contributed by atoms with van der Waals surface area (Å²) in [6.45, 7) is 0.297. The third-order valence-corrected chi connectivity index (χ3v) is 5.77. The minimum atomic E-state index is -0.119. The third kappa shape index (κ3) is 4.10. The monoisotopic (exact) mass is 441 g/mol. The number of aromatic nitrogens is 6. The number of fused-ring (bicyclic) bond motifs is 1. The molecule has 0 atom stereocenters. The molecule has 0 aliphatic rings. The van der Waals surface area contributed by atoms with Crippen molar-refractivity contribution in [2.45, 2.75) is 11.7 Å².